The quantitative estimate of drug-likeness (QED) is 0.487. The molecule has 19 heavy (non-hydrogen) atoms. The van der Waals surface area contributed by atoms with Gasteiger partial charge >= 0.3 is 7.37 Å². The summed E-state index contributed by atoms with van der Waals surface area (Å²) in [4.78, 5) is 0. The molecule has 0 saturated carbocycles. The maximum atomic E-state index is 13.2. The largest absolute Gasteiger partial charge is 0.330 e. The second-order valence-electron chi connectivity index (χ2n) is 4.34. The first-order chi connectivity index (χ1) is 9.13. The molecule has 0 saturated heterocycles. The molecule has 0 spiro atoms. The Morgan fingerprint density at radius 2 is 1.32 bits per heavy atom. The van der Waals surface area contributed by atoms with Crippen LogP contribution in [0.3, 0.4) is 0 Å². The van der Waals surface area contributed by atoms with E-state index in [0.29, 0.717) is 10.6 Å². The fourth-order valence-corrected chi connectivity index (χ4v) is 3.53. The summed E-state index contributed by atoms with van der Waals surface area (Å²) in [5.74, 6) is 0. The van der Waals surface area contributed by atoms with Crippen molar-refractivity contribution in [2.75, 3.05) is 0 Å². The van der Waals surface area contributed by atoms with E-state index in [1.807, 2.05) is 36.4 Å². The molecule has 0 aliphatic rings. The molecule has 0 radical (unpaired) electrons. The van der Waals surface area contributed by atoms with Crippen LogP contribution in [0, 0.1) is 0 Å². The predicted molar refractivity (Wildman–Crippen MR) is 79.6 cm³/mol. The van der Waals surface area contributed by atoms with Crippen LogP contribution in [0.1, 0.15) is 13.8 Å². The molecule has 0 aliphatic heterocycles. The Morgan fingerprint density at radius 3 is 1.68 bits per heavy atom. The van der Waals surface area contributed by atoms with Crippen LogP contribution in [0.5, 0.6) is 0 Å². The number of oxime groups is 1. The third kappa shape index (κ3) is 3.12. The van der Waals surface area contributed by atoms with Gasteiger partial charge in [0, 0.05) is 0 Å². The van der Waals surface area contributed by atoms with Gasteiger partial charge in [-0.1, -0.05) is 41.6 Å². The molecule has 2 rings (SSSR count). The predicted octanol–water partition coefficient (Wildman–Crippen LogP) is 3.33. The molecule has 0 N–H and O–H groups in total. The van der Waals surface area contributed by atoms with E-state index < -0.39 is 7.37 Å². The summed E-state index contributed by atoms with van der Waals surface area (Å²) in [7, 11) is -3.17. The van der Waals surface area contributed by atoms with E-state index in [1.165, 1.54) is 0 Å². The molecule has 0 unspecified atom stereocenters. The van der Waals surface area contributed by atoms with Crippen molar-refractivity contribution in [2.24, 2.45) is 5.16 Å². The minimum Gasteiger partial charge on any atom is -0.330 e. The van der Waals surface area contributed by atoms with Crippen molar-refractivity contribution in [1.29, 1.82) is 0 Å². The van der Waals surface area contributed by atoms with Crippen LogP contribution in [0.2, 0.25) is 0 Å². The number of nitrogens with zero attached hydrogens (tertiary/aromatic N) is 1. The summed E-state index contributed by atoms with van der Waals surface area (Å²) in [6.07, 6.45) is 0. The van der Waals surface area contributed by atoms with Crippen LogP contribution in [0.4, 0.5) is 0 Å². The van der Waals surface area contributed by atoms with E-state index in [0.717, 1.165) is 5.71 Å². The van der Waals surface area contributed by atoms with E-state index in [-0.39, 0.29) is 0 Å². The highest BCUT2D eigenvalue weighted by Crippen LogP contribution is 2.44. The second kappa shape index (κ2) is 5.85. The lowest BCUT2D eigenvalue weighted by Crippen LogP contribution is -2.16. The van der Waals surface area contributed by atoms with Crippen molar-refractivity contribution in [2.45, 2.75) is 13.8 Å². The van der Waals surface area contributed by atoms with Crippen LogP contribution in [-0.4, -0.2) is 5.71 Å². The summed E-state index contributed by atoms with van der Waals surface area (Å²) in [6.45, 7) is 3.61. The fraction of sp³-hybridized carbons (Fsp3) is 0.133. The Kier molecular flexibility index (Phi) is 4.18. The molecular formula is C15H16NO2P. The van der Waals surface area contributed by atoms with Gasteiger partial charge in [0.15, 0.2) is 0 Å². The zero-order valence-corrected chi connectivity index (χ0v) is 11.9. The van der Waals surface area contributed by atoms with Gasteiger partial charge in [-0.05, 0) is 38.1 Å². The van der Waals surface area contributed by atoms with Gasteiger partial charge in [0.1, 0.15) is 0 Å². The van der Waals surface area contributed by atoms with Gasteiger partial charge in [0.25, 0.3) is 0 Å². The van der Waals surface area contributed by atoms with Crippen molar-refractivity contribution in [3.8, 4) is 0 Å². The highest BCUT2D eigenvalue weighted by atomic mass is 31.2. The van der Waals surface area contributed by atoms with Gasteiger partial charge < -0.3 is 4.62 Å². The third-order valence-corrected chi connectivity index (χ3v) is 4.80. The van der Waals surface area contributed by atoms with E-state index in [1.54, 1.807) is 38.1 Å². The summed E-state index contributed by atoms with van der Waals surface area (Å²) in [6, 6.07) is 18.3. The van der Waals surface area contributed by atoms with Crippen molar-refractivity contribution < 1.29 is 9.19 Å². The number of hydrogen-bond donors (Lipinski definition) is 0. The first-order valence-corrected chi connectivity index (χ1v) is 7.66. The Labute approximate surface area is 113 Å². The van der Waals surface area contributed by atoms with E-state index in [4.69, 9.17) is 4.62 Å². The summed E-state index contributed by atoms with van der Waals surface area (Å²) >= 11 is 0. The zero-order chi connectivity index (χ0) is 13.7. The lowest BCUT2D eigenvalue weighted by molar-refractivity contribution is 0.348. The Bertz CT molecular complexity index is 561. The smallest absolute Gasteiger partial charge is 0.330 e. The molecule has 98 valence electrons. The number of hydrogen-bond acceptors (Lipinski definition) is 3. The fourth-order valence-electron chi connectivity index (χ4n) is 1.63. The molecule has 0 atom stereocenters. The zero-order valence-electron chi connectivity index (χ0n) is 11.0. The minimum atomic E-state index is -3.17. The Morgan fingerprint density at radius 1 is 0.895 bits per heavy atom. The highest BCUT2D eigenvalue weighted by molar-refractivity contribution is 7.74. The topological polar surface area (TPSA) is 38.7 Å². The van der Waals surface area contributed by atoms with Crippen molar-refractivity contribution in [1.82, 2.24) is 0 Å². The molecule has 0 aromatic heterocycles. The first-order valence-electron chi connectivity index (χ1n) is 6.04. The van der Waals surface area contributed by atoms with Crippen LogP contribution < -0.4 is 10.6 Å². The average molecular weight is 273 g/mol. The highest BCUT2D eigenvalue weighted by Gasteiger charge is 2.29. The molecule has 0 bridgehead atoms. The van der Waals surface area contributed by atoms with Crippen LogP contribution in [-0.2, 0) is 9.19 Å². The molecule has 4 heteroatoms. The summed E-state index contributed by atoms with van der Waals surface area (Å²) in [5.41, 5.74) is 0.729. The minimum absolute atomic E-state index is 0.645. The first kappa shape index (κ1) is 13.6. The van der Waals surface area contributed by atoms with Crippen LogP contribution >= 0.6 is 7.37 Å². The van der Waals surface area contributed by atoms with Crippen LogP contribution in [0.25, 0.3) is 0 Å². The third-order valence-electron chi connectivity index (χ3n) is 2.53. The summed E-state index contributed by atoms with van der Waals surface area (Å²) in [5, 5.41) is 5.19. The van der Waals surface area contributed by atoms with Gasteiger partial charge in [0.05, 0.1) is 16.3 Å². The molecule has 0 aliphatic carbocycles. The van der Waals surface area contributed by atoms with Crippen molar-refractivity contribution >= 4 is 23.7 Å². The van der Waals surface area contributed by atoms with Crippen LogP contribution in [0.15, 0.2) is 65.8 Å². The van der Waals surface area contributed by atoms with Crippen molar-refractivity contribution in [3.63, 3.8) is 0 Å². The lowest BCUT2D eigenvalue weighted by atomic mass is 10.4. The average Bonchev–Trinajstić information content (AvgIpc) is 2.46. The molecule has 0 amide bonds. The summed E-state index contributed by atoms with van der Waals surface area (Å²) < 4.78 is 18.6. The molecule has 0 fully saturated rings. The van der Waals surface area contributed by atoms with Gasteiger partial charge in [0.2, 0.25) is 0 Å². The number of rotatable bonds is 4. The van der Waals surface area contributed by atoms with E-state index in [9.17, 15) is 4.57 Å². The normalized spacial score (nSPS) is 10.8. The lowest BCUT2D eigenvalue weighted by Gasteiger charge is -2.16. The molecule has 3 nitrogen and oxygen atoms in total. The standard InChI is InChI=1S/C15H16NO2P/c1-13(2)16-18-19(17,14-9-5-3-6-10-14)15-11-7-4-8-12-15/h3-12H,1-2H3. The van der Waals surface area contributed by atoms with Crippen molar-refractivity contribution in [3.05, 3.63) is 60.7 Å². The Balaban J connectivity index is 2.51. The van der Waals surface area contributed by atoms with E-state index in [2.05, 4.69) is 5.16 Å². The van der Waals surface area contributed by atoms with Gasteiger partial charge in [-0.3, -0.25) is 4.57 Å². The maximum absolute atomic E-state index is 13.2. The SMILES string of the molecule is CC(C)=NOP(=O)(c1ccccc1)c1ccccc1. The molecule has 2 aromatic carbocycles. The number of benzene rings is 2. The van der Waals surface area contributed by atoms with E-state index >= 15 is 0 Å². The molecular weight excluding hydrogens is 257 g/mol. The van der Waals surface area contributed by atoms with Gasteiger partial charge in [-0.2, -0.15) is 0 Å². The van der Waals surface area contributed by atoms with Gasteiger partial charge in [-0.25, -0.2) is 0 Å². The molecule has 0 heterocycles. The maximum Gasteiger partial charge on any atom is 0.330 e. The van der Waals surface area contributed by atoms with Gasteiger partial charge in [-0.15, -0.1) is 0 Å². The monoisotopic (exact) mass is 273 g/mol. The second-order valence-corrected chi connectivity index (χ2v) is 6.64. The Hall–Kier alpha value is -1.86. The molecule has 2 aromatic rings.